The Morgan fingerprint density at radius 1 is 0.919 bits per heavy atom. The Hall–Kier alpha value is -4.19. The maximum Gasteiger partial charge on any atom is 0.180 e. The molecular weight excluding hydrogens is 466 g/mol. The van der Waals surface area contributed by atoms with Gasteiger partial charge in [0.15, 0.2) is 17.3 Å². The summed E-state index contributed by atoms with van der Waals surface area (Å²) in [5.74, 6) is -0.397. The van der Waals surface area contributed by atoms with E-state index >= 15 is 0 Å². The zero-order valence-corrected chi connectivity index (χ0v) is 21.1. The van der Waals surface area contributed by atoms with Gasteiger partial charge >= 0.3 is 0 Å². The second-order valence-corrected chi connectivity index (χ2v) is 9.99. The van der Waals surface area contributed by atoms with Crippen LogP contribution in [-0.2, 0) is 4.79 Å². The van der Waals surface area contributed by atoms with Crippen LogP contribution in [0.3, 0.4) is 0 Å². The van der Waals surface area contributed by atoms with Crippen molar-refractivity contribution in [2.75, 3.05) is 19.1 Å². The highest BCUT2D eigenvalue weighted by molar-refractivity contribution is 6.32. The molecule has 1 saturated heterocycles. The van der Waals surface area contributed by atoms with Crippen molar-refractivity contribution in [3.05, 3.63) is 94.6 Å². The molecule has 3 aliphatic rings. The number of aryl methyl sites for hydroxylation is 1. The third-order valence-electron chi connectivity index (χ3n) is 8.15. The third-order valence-corrected chi connectivity index (χ3v) is 8.15. The van der Waals surface area contributed by atoms with Crippen LogP contribution in [0.15, 0.2) is 66.7 Å². The van der Waals surface area contributed by atoms with E-state index in [1.54, 1.807) is 56.7 Å². The standard InChI is InChI=1S/C31H27NO5/c1-17-9-10-19-11-14-26-31(29(34)21-7-5-6-8-22(21)30(31)35)27(28(18(2)33)32(26)24(19)15-17)23-16-20(36-3)12-13-25(23)37-4/h5-16,26-28H,1-4H3/t26-,27-,28+/m1/s1. The number of ketones is 3. The molecule has 6 rings (SSSR count). The second-order valence-electron chi connectivity index (χ2n) is 9.99. The molecule has 0 N–H and O–H groups in total. The summed E-state index contributed by atoms with van der Waals surface area (Å²) >= 11 is 0. The number of hydrogen-bond acceptors (Lipinski definition) is 6. The van der Waals surface area contributed by atoms with Crippen molar-refractivity contribution in [3.8, 4) is 11.5 Å². The fraction of sp³-hybridized carbons (Fsp3) is 0.258. The van der Waals surface area contributed by atoms with Gasteiger partial charge in [-0.15, -0.1) is 0 Å². The van der Waals surface area contributed by atoms with Gasteiger partial charge in [0.25, 0.3) is 0 Å². The van der Waals surface area contributed by atoms with Gasteiger partial charge in [-0.05, 0) is 49.2 Å². The Balaban J connectivity index is 1.72. The van der Waals surface area contributed by atoms with E-state index in [2.05, 4.69) is 0 Å². The summed E-state index contributed by atoms with van der Waals surface area (Å²) in [6, 6.07) is 16.9. The van der Waals surface area contributed by atoms with Crippen LogP contribution >= 0.6 is 0 Å². The van der Waals surface area contributed by atoms with Crippen molar-refractivity contribution in [2.45, 2.75) is 31.8 Å². The highest BCUT2D eigenvalue weighted by Crippen LogP contribution is 2.61. The molecule has 2 aliphatic heterocycles. The molecule has 0 aromatic heterocycles. The van der Waals surface area contributed by atoms with Crippen molar-refractivity contribution in [1.82, 2.24) is 0 Å². The second kappa shape index (κ2) is 8.17. The quantitative estimate of drug-likeness (QED) is 0.475. The number of anilines is 1. The number of carbonyl (C=O) groups is 3. The van der Waals surface area contributed by atoms with Crippen molar-refractivity contribution in [2.24, 2.45) is 5.41 Å². The Bertz CT molecular complexity index is 1480. The summed E-state index contributed by atoms with van der Waals surface area (Å²) in [6.07, 6.45) is 3.88. The van der Waals surface area contributed by atoms with Crippen molar-refractivity contribution in [1.29, 1.82) is 0 Å². The molecule has 6 nitrogen and oxygen atoms in total. The minimum absolute atomic E-state index is 0.129. The molecule has 1 aliphatic carbocycles. The maximum absolute atomic E-state index is 14.5. The van der Waals surface area contributed by atoms with Gasteiger partial charge in [-0.25, -0.2) is 0 Å². The van der Waals surface area contributed by atoms with Gasteiger partial charge in [0.05, 0.1) is 26.3 Å². The summed E-state index contributed by atoms with van der Waals surface area (Å²) in [6.45, 7) is 3.53. The number of benzene rings is 3. The van der Waals surface area contributed by atoms with Crippen LogP contribution in [0.4, 0.5) is 5.69 Å². The molecule has 1 spiro atoms. The normalized spacial score (nSPS) is 22.6. The maximum atomic E-state index is 14.5. The lowest BCUT2D eigenvalue weighted by atomic mass is 9.64. The number of rotatable bonds is 4. The molecule has 0 radical (unpaired) electrons. The van der Waals surface area contributed by atoms with E-state index in [0.29, 0.717) is 28.2 Å². The van der Waals surface area contributed by atoms with Crippen LogP contribution < -0.4 is 14.4 Å². The van der Waals surface area contributed by atoms with E-state index < -0.39 is 23.4 Å². The molecular formula is C31H27NO5. The smallest absolute Gasteiger partial charge is 0.180 e. The van der Waals surface area contributed by atoms with Crippen LogP contribution in [0.2, 0.25) is 0 Å². The molecule has 3 aromatic carbocycles. The average molecular weight is 494 g/mol. The fourth-order valence-corrected chi connectivity index (χ4v) is 6.65. The Morgan fingerprint density at radius 2 is 1.62 bits per heavy atom. The summed E-state index contributed by atoms with van der Waals surface area (Å²) < 4.78 is 11.3. The molecule has 1 fully saturated rings. The fourth-order valence-electron chi connectivity index (χ4n) is 6.65. The minimum atomic E-state index is -1.54. The predicted octanol–water partition coefficient (Wildman–Crippen LogP) is 5.03. The molecule has 0 unspecified atom stereocenters. The molecule has 0 saturated carbocycles. The molecule has 3 atom stereocenters. The largest absolute Gasteiger partial charge is 0.497 e. The van der Waals surface area contributed by atoms with Gasteiger partial charge in [0, 0.05) is 28.3 Å². The SMILES string of the molecule is COc1ccc(OC)c([C@@H]2[C@H](C(C)=O)N3c4cc(C)ccc4C=C[C@@H]3C23C(=O)c2ccccc2C3=O)c1. The Kier molecular flexibility index (Phi) is 5.13. The lowest BCUT2D eigenvalue weighted by Crippen LogP contribution is -2.48. The first-order valence-corrected chi connectivity index (χ1v) is 12.3. The minimum Gasteiger partial charge on any atom is -0.497 e. The van der Waals surface area contributed by atoms with Crippen LogP contribution in [-0.4, -0.2) is 43.7 Å². The van der Waals surface area contributed by atoms with Crippen LogP contribution in [0.1, 0.15) is 50.2 Å². The van der Waals surface area contributed by atoms with Crippen molar-refractivity contribution in [3.63, 3.8) is 0 Å². The van der Waals surface area contributed by atoms with Gasteiger partial charge in [0.2, 0.25) is 0 Å². The summed E-state index contributed by atoms with van der Waals surface area (Å²) in [5.41, 5.74) is 2.66. The highest BCUT2D eigenvalue weighted by Gasteiger charge is 2.71. The van der Waals surface area contributed by atoms with Gasteiger partial charge < -0.3 is 14.4 Å². The van der Waals surface area contributed by atoms with E-state index in [-0.39, 0.29) is 17.3 Å². The number of hydrogen-bond donors (Lipinski definition) is 0. The lowest BCUT2D eigenvalue weighted by Gasteiger charge is -2.37. The number of Topliss-reactive ketones (excluding diaryl/α,β-unsaturated/α-hetero) is 3. The molecule has 0 amide bonds. The van der Waals surface area contributed by atoms with Crippen molar-refractivity contribution < 1.29 is 23.9 Å². The van der Waals surface area contributed by atoms with Crippen LogP contribution in [0, 0.1) is 12.3 Å². The monoisotopic (exact) mass is 493 g/mol. The van der Waals surface area contributed by atoms with Gasteiger partial charge in [-0.1, -0.05) is 48.6 Å². The topological polar surface area (TPSA) is 72.9 Å². The zero-order chi connectivity index (χ0) is 26.1. The average Bonchev–Trinajstić information content (AvgIpc) is 3.35. The van der Waals surface area contributed by atoms with E-state index in [9.17, 15) is 14.4 Å². The molecule has 2 heterocycles. The zero-order valence-electron chi connectivity index (χ0n) is 21.1. The molecule has 6 heteroatoms. The number of carbonyl (C=O) groups excluding carboxylic acids is 3. The first kappa shape index (κ1) is 23.2. The first-order chi connectivity index (χ1) is 17.8. The molecule has 0 bridgehead atoms. The molecule has 186 valence electrons. The van der Waals surface area contributed by atoms with Crippen molar-refractivity contribution >= 4 is 29.1 Å². The molecule has 37 heavy (non-hydrogen) atoms. The van der Waals surface area contributed by atoms with E-state index in [4.69, 9.17) is 9.47 Å². The van der Waals surface area contributed by atoms with E-state index in [1.807, 2.05) is 42.2 Å². The van der Waals surface area contributed by atoms with Gasteiger partial charge in [-0.3, -0.25) is 14.4 Å². The number of methoxy groups -OCH3 is 2. The third kappa shape index (κ3) is 2.95. The number of nitrogens with zero attached hydrogens (tertiary/aromatic N) is 1. The predicted molar refractivity (Wildman–Crippen MR) is 141 cm³/mol. The number of fused-ring (bicyclic) bond motifs is 5. The summed E-state index contributed by atoms with van der Waals surface area (Å²) in [7, 11) is 3.11. The van der Waals surface area contributed by atoms with Crippen LogP contribution in [0.5, 0.6) is 11.5 Å². The Labute approximate surface area is 215 Å². The first-order valence-electron chi connectivity index (χ1n) is 12.3. The summed E-state index contributed by atoms with van der Waals surface area (Å²) in [4.78, 5) is 44.6. The highest BCUT2D eigenvalue weighted by atomic mass is 16.5. The van der Waals surface area contributed by atoms with Crippen LogP contribution in [0.25, 0.3) is 6.08 Å². The van der Waals surface area contributed by atoms with E-state index in [0.717, 1.165) is 16.8 Å². The summed E-state index contributed by atoms with van der Waals surface area (Å²) in [5, 5.41) is 0. The van der Waals surface area contributed by atoms with E-state index in [1.165, 1.54) is 6.92 Å². The lowest BCUT2D eigenvalue weighted by molar-refractivity contribution is -0.118. The number of ether oxygens (including phenoxy) is 2. The van der Waals surface area contributed by atoms with Gasteiger partial charge in [-0.2, -0.15) is 0 Å². The molecule has 3 aromatic rings. The van der Waals surface area contributed by atoms with Gasteiger partial charge in [0.1, 0.15) is 16.9 Å². The Morgan fingerprint density at radius 3 is 2.24 bits per heavy atom.